The van der Waals surface area contributed by atoms with Crippen LogP contribution in [-0.4, -0.2) is 43.8 Å². The van der Waals surface area contributed by atoms with E-state index in [2.05, 4.69) is 10.3 Å². The molecule has 0 unspecified atom stereocenters. The number of hydrogen-bond donors (Lipinski definition) is 1. The largest absolute Gasteiger partial charge is 0.496 e. The summed E-state index contributed by atoms with van der Waals surface area (Å²) in [7, 11) is -1.82. The maximum atomic E-state index is 12.7. The molecule has 0 radical (unpaired) electrons. The first kappa shape index (κ1) is 21.9. The fraction of sp³-hybridized carbons (Fsp3) is 0.333. The summed E-state index contributed by atoms with van der Waals surface area (Å²) >= 11 is 2.59. The minimum absolute atomic E-state index is 0.111. The monoisotopic (exact) mass is 477 g/mol. The number of thiophene rings is 1. The Bertz CT molecular complexity index is 1160. The van der Waals surface area contributed by atoms with Crippen LogP contribution in [0, 0.1) is 12.8 Å². The molecule has 1 aliphatic heterocycles. The lowest BCUT2D eigenvalue weighted by atomic mass is 9.97. The van der Waals surface area contributed by atoms with E-state index >= 15 is 0 Å². The van der Waals surface area contributed by atoms with Gasteiger partial charge >= 0.3 is 0 Å². The quantitative estimate of drug-likeness (QED) is 0.574. The highest BCUT2D eigenvalue weighted by Gasteiger charge is 2.32. The fourth-order valence-electron chi connectivity index (χ4n) is 3.60. The van der Waals surface area contributed by atoms with Crippen molar-refractivity contribution in [3.05, 3.63) is 46.7 Å². The fourth-order valence-corrected chi connectivity index (χ4v) is 6.94. The number of methoxy groups -OCH3 is 1. The van der Waals surface area contributed by atoms with Gasteiger partial charge in [0.1, 0.15) is 9.96 Å². The maximum absolute atomic E-state index is 12.7. The predicted octanol–water partition coefficient (Wildman–Crippen LogP) is 4.23. The second-order valence-corrected chi connectivity index (χ2v) is 11.3. The molecule has 1 N–H and O–H groups in total. The van der Waals surface area contributed by atoms with Crippen LogP contribution in [0.5, 0.6) is 5.75 Å². The van der Waals surface area contributed by atoms with E-state index < -0.39 is 10.0 Å². The van der Waals surface area contributed by atoms with Crippen LogP contribution in [-0.2, 0) is 14.8 Å². The molecule has 1 fully saturated rings. The summed E-state index contributed by atoms with van der Waals surface area (Å²) in [4.78, 5) is 17.2. The molecule has 1 aliphatic rings. The number of amides is 1. The van der Waals surface area contributed by atoms with Crippen LogP contribution in [0.2, 0.25) is 0 Å². The third kappa shape index (κ3) is 4.67. The smallest absolute Gasteiger partial charge is 0.252 e. The van der Waals surface area contributed by atoms with Crippen molar-refractivity contribution in [2.75, 3.05) is 25.5 Å². The molecule has 0 aliphatic carbocycles. The number of piperidine rings is 1. The van der Waals surface area contributed by atoms with E-state index in [9.17, 15) is 13.2 Å². The Balaban J connectivity index is 1.36. The lowest BCUT2D eigenvalue weighted by molar-refractivity contribution is -0.120. The highest BCUT2D eigenvalue weighted by atomic mass is 32.2. The Kier molecular flexibility index (Phi) is 6.42. The van der Waals surface area contributed by atoms with Crippen molar-refractivity contribution in [2.45, 2.75) is 24.0 Å². The molecule has 3 aromatic rings. The van der Waals surface area contributed by atoms with Crippen LogP contribution in [0.15, 0.2) is 45.3 Å². The molecule has 164 valence electrons. The summed E-state index contributed by atoms with van der Waals surface area (Å²) in [5, 5.41) is 7.10. The van der Waals surface area contributed by atoms with Crippen molar-refractivity contribution in [1.82, 2.24) is 9.29 Å². The van der Waals surface area contributed by atoms with Crippen LogP contribution in [0.1, 0.15) is 18.4 Å². The number of thiazole rings is 1. The molecule has 0 bridgehead atoms. The van der Waals surface area contributed by atoms with E-state index in [1.807, 2.05) is 30.5 Å². The SMILES string of the molecule is COc1ccc(-c2csc(NC(=O)C3CCN(S(=O)(=O)c4cccs4)CC3)n2)cc1C. The zero-order valence-corrected chi connectivity index (χ0v) is 19.6. The number of ether oxygens (including phenoxy) is 1. The van der Waals surface area contributed by atoms with Crippen molar-refractivity contribution < 1.29 is 17.9 Å². The number of rotatable bonds is 6. The third-order valence-electron chi connectivity index (χ3n) is 5.34. The second kappa shape index (κ2) is 9.07. The van der Waals surface area contributed by atoms with Gasteiger partial charge in [-0.05, 0) is 55.0 Å². The number of sulfonamides is 1. The topological polar surface area (TPSA) is 88.6 Å². The van der Waals surface area contributed by atoms with Crippen molar-refractivity contribution in [3.63, 3.8) is 0 Å². The van der Waals surface area contributed by atoms with Gasteiger partial charge < -0.3 is 10.1 Å². The summed E-state index contributed by atoms with van der Waals surface area (Å²) in [5.74, 6) is 0.477. The zero-order chi connectivity index (χ0) is 22.0. The van der Waals surface area contributed by atoms with E-state index in [1.165, 1.54) is 27.0 Å². The number of nitrogens with one attached hydrogen (secondary N) is 1. The Morgan fingerprint density at radius 1 is 1.23 bits per heavy atom. The zero-order valence-electron chi connectivity index (χ0n) is 17.2. The lowest BCUT2D eigenvalue weighted by Gasteiger charge is -2.29. The highest BCUT2D eigenvalue weighted by molar-refractivity contribution is 7.91. The van der Waals surface area contributed by atoms with Crippen LogP contribution < -0.4 is 10.1 Å². The van der Waals surface area contributed by atoms with Crippen LogP contribution in [0.4, 0.5) is 5.13 Å². The first-order valence-electron chi connectivity index (χ1n) is 9.83. The van der Waals surface area contributed by atoms with Crippen molar-refractivity contribution in [1.29, 1.82) is 0 Å². The van der Waals surface area contributed by atoms with Crippen molar-refractivity contribution in [2.24, 2.45) is 5.92 Å². The molecule has 2 aromatic heterocycles. The Hall–Kier alpha value is -2.27. The first-order chi connectivity index (χ1) is 14.9. The van der Waals surface area contributed by atoms with Gasteiger partial charge in [-0.1, -0.05) is 6.07 Å². The van der Waals surface area contributed by atoms with Crippen LogP contribution in [0.3, 0.4) is 0 Å². The molecular weight excluding hydrogens is 454 g/mol. The van der Waals surface area contributed by atoms with Gasteiger partial charge in [-0.3, -0.25) is 4.79 Å². The summed E-state index contributed by atoms with van der Waals surface area (Å²) in [6.45, 7) is 2.65. The van der Waals surface area contributed by atoms with E-state index in [-0.39, 0.29) is 11.8 Å². The molecule has 10 heteroatoms. The van der Waals surface area contributed by atoms with E-state index in [1.54, 1.807) is 24.6 Å². The predicted molar refractivity (Wildman–Crippen MR) is 123 cm³/mol. The number of carbonyl (C=O) groups excluding carboxylic acids is 1. The van der Waals surface area contributed by atoms with E-state index in [4.69, 9.17) is 4.74 Å². The molecule has 4 rings (SSSR count). The molecule has 0 atom stereocenters. The Morgan fingerprint density at radius 3 is 2.65 bits per heavy atom. The summed E-state index contributed by atoms with van der Waals surface area (Å²) in [6, 6.07) is 9.19. The number of aromatic nitrogens is 1. The number of aryl methyl sites for hydroxylation is 1. The van der Waals surface area contributed by atoms with Crippen LogP contribution >= 0.6 is 22.7 Å². The average Bonchev–Trinajstić information content (AvgIpc) is 3.46. The molecule has 0 saturated carbocycles. The molecule has 1 amide bonds. The lowest BCUT2D eigenvalue weighted by Crippen LogP contribution is -2.41. The minimum atomic E-state index is -3.46. The van der Waals surface area contributed by atoms with Crippen LogP contribution in [0.25, 0.3) is 11.3 Å². The van der Waals surface area contributed by atoms with E-state index in [0.717, 1.165) is 22.6 Å². The molecule has 31 heavy (non-hydrogen) atoms. The normalized spacial score (nSPS) is 15.7. The molecule has 1 saturated heterocycles. The molecule has 7 nitrogen and oxygen atoms in total. The van der Waals surface area contributed by atoms with Gasteiger partial charge in [0.15, 0.2) is 5.13 Å². The molecule has 3 heterocycles. The molecule has 1 aromatic carbocycles. The second-order valence-electron chi connectivity index (χ2n) is 7.32. The van der Waals surface area contributed by atoms with Gasteiger partial charge in [0.05, 0.1) is 12.8 Å². The van der Waals surface area contributed by atoms with Gasteiger partial charge in [0, 0.05) is 30.0 Å². The number of anilines is 1. The Labute approximate surface area is 189 Å². The summed E-state index contributed by atoms with van der Waals surface area (Å²) < 4.78 is 32.4. The van der Waals surface area contributed by atoms with Crippen molar-refractivity contribution in [3.8, 4) is 17.0 Å². The highest BCUT2D eigenvalue weighted by Crippen LogP contribution is 2.30. The summed E-state index contributed by atoms with van der Waals surface area (Å²) in [5.41, 5.74) is 2.77. The number of carbonyl (C=O) groups is 1. The van der Waals surface area contributed by atoms with Gasteiger partial charge in [-0.15, -0.1) is 22.7 Å². The summed E-state index contributed by atoms with van der Waals surface area (Å²) in [6.07, 6.45) is 0.985. The standard InChI is InChI=1S/C21H23N3O4S3/c1-14-12-16(5-6-18(14)28-2)17-13-30-21(22-17)23-20(25)15-7-9-24(10-8-15)31(26,27)19-4-3-11-29-19/h3-6,11-13,15H,7-10H2,1-2H3,(H,22,23,25). The van der Waals surface area contributed by atoms with Gasteiger partial charge in [0.2, 0.25) is 5.91 Å². The number of benzene rings is 1. The first-order valence-corrected chi connectivity index (χ1v) is 13.0. The van der Waals surface area contributed by atoms with Gasteiger partial charge in [-0.2, -0.15) is 4.31 Å². The minimum Gasteiger partial charge on any atom is -0.496 e. The average molecular weight is 478 g/mol. The number of nitrogens with zero attached hydrogens (tertiary/aromatic N) is 2. The van der Waals surface area contributed by atoms with Gasteiger partial charge in [-0.25, -0.2) is 13.4 Å². The maximum Gasteiger partial charge on any atom is 0.252 e. The number of hydrogen-bond acceptors (Lipinski definition) is 7. The third-order valence-corrected chi connectivity index (χ3v) is 9.37. The molecule has 0 spiro atoms. The molecular formula is C21H23N3O4S3. The Morgan fingerprint density at radius 2 is 2.00 bits per heavy atom. The van der Waals surface area contributed by atoms with E-state index in [0.29, 0.717) is 35.3 Å². The van der Waals surface area contributed by atoms with Crippen molar-refractivity contribution >= 4 is 43.7 Å². The van der Waals surface area contributed by atoms with Gasteiger partial charge in [0.25, 0.3) is 10.0 Å².